The number of rotatable bonds is 7. The number of hydrogen-bond donors (Lipinski definition) is 3. The second-order valence-electron chi connectivity index (χ2n) is 7.65. The van der Waals surface area contributed by atoms with Crippen LogP contribution in [0.1, 0.15) is 27.1 Å². The number of hydrogen-bond acceptors (Lipinski definition) is 7. The van der Waals surface area contributed by atoms with Crippen molar-refractivity contribution in [1.82, 2.24) is 9.71 Å². The fraction of sp³-hybridized carbons (Fsp3) is 0.0833. The molecule has 1 heterocycles. The van der Waals surface area contributed by atoms with E-state index in [9.17, 15) is 22.8 Å². The van der Waals surface area contributed by atoms with Crippen LogP contribution in [0.15, 0.2) is 77.2 Å². The molecule has 0 saturated heterocycles. The molecule has 0 aliphatic rings. The Kier molecular flexibility index (Phi) is 7.04. The standard InChI is InChI=1S/C24H18ClN3O7S/c25-16-9-7-15(8-10-16)21(29)28-36(33,34)20(23-27-18-3-1-2-4-19(18)35-23)13-14-5-11-17(12-6-14)26-22(30)24(31)32/h1-12,20H,13H2,(H,26,30)(H,28,29)(H,31,32). The summed E-state index contributed by atoms with van der Waals surface area (Å²) in [5.41, 5.74) is 1.63. The lowest BCUT2D eigenvalue weighted by atomic mass is 10.1. The Morgan fingerprint density at radius 2 is 1.64 bits per heavy atom. The molecule has 1 atom stereocenters. The number of carbonyl (C=O) groups is 3. The van der Waals surface area contributed by atoms with Gasteiger partial charge in [0.1, 0.15) is 5.52 Å². The Balaban J connectivity index is 1.64. The first kappa shape index (κ1) is 24.9. The van der Waals surface area contributed by atoms with Gasteiger partial charge < -0.3 is 14.8 Å². The number of carboxylic acid groups (broad SMARTS) is 1. The summed E-state index contributed by atoms with van der Waals surface area (Å²) >= 11 is 5.84. The Morgan fingerprint density at radius 1 is 0.972 bits per heavy atom. The summed E-state index contributed by atoms with van der Waals surface area (Å²) in [6.07, 6.45) is -0.136. The zero-order valence-corrected chi connectivity index (χ0v) is 19.9. The molecule has 2 amide bonds. The Hall–Kier alpha value is -4.22. The van der Waals surface area contributed by atoms with Gasteiger partial charge in [0.05, 0.1) is 0 Å². The molecule has 0 aliphatic heterocycles. The van der Waals surface area contributed by atoms with Crippen LogP contribution in [-0.2, 0) is 26.0 Å². The van der Waals surface area contributed by atoms with E-state index >= 15 is 0 Å². The lowest BCUT2D eigenvalue weighted by molar-refractivity contribution is -0.147. The van der Waals surface area contributed by atoms with Crippen molar-refractivity contribution in [3.05, 3.63) is 94.8 Å². The molecular weight excluding hydrogens is 510 g/mol. The molecule has 0 spiro atoms. The average molecular weight is 528 g/mol. The van der Waals surface area contributed by atoms with Crippen molar-refractivity contribution < 1.29 is 32.3 Å². The highest BCUT2D eigenvalue weighted by Gasteiger charge is 2.34. The van der Waals surface area contributed by atoms with Crippen LogP contribution < -0.4 is 10.0 Å². The van der Waals surface area contributed by atoms with Crippen LogP contribution in [-0.4, -0.2) is 36.3 Å². The molecule has 3 aromatic carbocycles. The van der Waals surface area contributed by atoms with Crippen LogP contribution in [0, 0.1) is 0 Å². The van der Waals surface area contributed by atoms with Crippen molar-refractivity contribution in [2.75, 3.05) is 5.32 Å². The summed E-state index contributed by atoms with van der Waals surface area (Å²) in [5, 5.41) is 9.92. The molecule has 12 heteroatoms. The maximum Gasteiger partial charge on any atom is 0.394 e. The van der Waals surface area contributed by atoms with Gasteiger partial charge in [0.15, 0.2) is 10.8 Å². The smallest absolute Gasteiger partial charge is 0.394 e. The summed E-state index contributed by atoms with van der Waals surface area (Å²) in [6, 6.07) is 18.4. The number of benzene rings is 3. The van der Waals surface area contributed by atoms with Gasteiger partial charge in [-0.1, -0.05) is 35.9 Å². The van der Waals surface area contributed by atoms with Crippen LogP contribution in [0.25, 0.3) is 11.1 Å². The Morgan fingerprint density at radius 3 is 2.28 bits per heavy atom. The molecule has 0 saturated carbocycles. The summed E-state index contributed by atoms with van der Waals surface area (Å²) in [6.45, 7) is 0. The van der Waals surface area contributed by atoms with E-state index < -0.39 is 33.1 Å². The third-order valence-corrected chi connectivity index (χ3v) is 6.97. The maximum absolute atomic E-state index is 13.4. The predicted octanol–water partition coefficient (Wildman–Crippen LogP) is 3.55. The van der Waals surface area contributed by atoms with Gasteiger partial charge in [-0.15, -0.1) is 0 Å². The highest BCUT2D eigenvalue weighted by molar-refractivity contribution is 7.90. The number of anilines is 1. The zero-order valence-electron chi connectivity index (χ0n) is 18.3. The first-order valence-corrected chi connectivity index (χ1v) is 12.3. The van der Waals surface area contributed by atoms with E-state index in [1.165, 1.54) is 48.5 Å². The summed E-state index contributed by atoms with van der Waals surface area (Å²) < 4.78 is 34.5. The largest absolute Gasteiger partial charge is 0.474 e. The third kappa shape index (κ3) is 5.70. The number of sulfonamides is 1. The third-order valence-electron chi connectivity index (χ3n) is 5.13. The van der Waals surface area contributed by atoms with Gasteiger partial charge in [-0.05, 0) is 60.5 Å². The van der Waals surface area contributed by atoms with Gasteiger partial charge in [0.2, 0.25) is 15.9 Å². The number of aliphatic carboxylic acids is 1. The van der Waals surface area contributed by atoms with Crippen LogP contribution in [0.2, 0.25) is 5.02 Å². The molecule has 4 rings (SSSR count). The number of nitrogens with zero attached hydrogens (tertiary/aromatic N) is 1. The lowest BCUT2D eigenvalue weighted by Gasteiger charge is -2.16. The molecule has 1 unspecified atom stereocenters. The number of para-hydroxylation sites is 2. The second-order valence-corrected chi connectivity index (χ2v) is 9.95. The molecular formula is C24H18ClN3O7S. The lowest BCUT2D eigenvalue weighted by Crippen LogP contribution is -2.35. The normalized spacial score (nSPS) is 12.1. The summed E-state index contributed by atoms with van der Waals surface area (Å²) in [4.78, 5) is 39.1. The molecule has 3 N–H and O–H groups in total. The predicted molar refractivity (Wildman–Crippen MR) is 131 cm³/mol. The van der Waals surface area contributed by atoms with Gasteiger partial charge >= 0.3 is 11.9 Å². The molecule has 36 heavy (non-hydrogen) atoms. The number of nitrogens with one attached hydrogen (secondary N) is 2. The van der Waals surface area contributed by atoms with E-state index in [2.05, 4.69) is 15.0 Å². The highest BCUT2D eigenvalue weighted by Crippen LogP contribution is 2.29. The monoisotopic (exact) mass is 527 g/mol. The first-order valence-electron chi connectivity index (χ1n) is 10.4. The quantitative estimate of drug-likeness (QED) is 0.308. The van der Waals surface area contributed by atoms with Gasteiger partial charge in [0.25, 0.3) is 5.91 Å². The number of halogens is 1. The van der Waals surface area contributed by atoms with E-state index in [0.29, 0.717) is 21.7 Å². The second kappa shape index (κ2) is 10.2. The van der Waals surface area contributed by atoms with E-state index in [-0.39, 0.29) is 23.6 Å². The SMILES string of the molecule is O=C(O)C(=O)Nc1ccc(CC(c2nc3ccccc3o2)S(=O)(=O)NC(=O)c2ccc(Cl)cc2)cc1. The molecule has 4 aromatic rings. The maximum atomic E-state index is 13.4. The Bertz CT molecular complexity index is 1520. The number of carboxylic acids is 1. The molecule has 184 valence electrons. The topological polar surface area (TPSA) is 156 Å². The fourth-order valence-electron chi connectivity index (χ4n) is 3.34. The molecule has 0 fully saturated rings. The number of amides is 2. The van der Waals surface area contributed by atoms with Crippen molar-refractivity contribution in [3.63, 3.8) is 0 Å². The summed E-state index contributed by atoms with van der Waals surface area (Å²) in [5.74, 6) is -3.81. The van der Waals surface area contributed by atoms with Gasteiger partial charge in [-0.25, -0.2) is 22.9 Å². The molecule has 0 radical (unpaired) electrons. The van der Waals surface area contributed by atoms with Crippen LogP contribution in [0.3, 0.4) is 0 Å². The number of aromatic nitrogens is 1. The molecule has 0 aliphatic carbocycles. The van der Waals surface area contributed by atoms with Crippen molar-refractivity contribution >= 4 is 56.2 Å². The van der Waals surface area contributed by atoms with Gasteiger partial charge in [0, 0.05) is 16.3 Å². The van der Waals surface area contributed by atoms with E-state index in [4.69, 9.17) is 21.1 Å². The summed E-state index contributed by atoms with van der Waals surface area (Å²) in [7, 11) is -4.36. The van der Waals surface area contributed by atoms with Crippen LogP contribution in [0.4, 0.5) is 5.69 Å². The zero-order chi connectivity index (χ0) is 25.9. The van der Waals surface area contributed by atoms with Crippen molar-refractivity contribution in [3.8, 4) is 0 Å². The molecule has 0 bridgehead atoms. The molecule has 10 nitrogen and oxygen atoms in total. The highest BCUT2D eigenvalue weighted by atomic mass is 35.5. The molecule has 1 aromatic heterocycles. The Labute approximate surface area is 210 Å². The van der Waals surface area contributed by atoms with E-state index in [1.54, 1.807) is 24.3 Å². The average Bonchev–Trinajstić information content (AvgIpc) is 3.27. The van der Waals surface area contributed by atoms with Crippen molar-refractivity contribution in [2.24, 2.45) is 0 Å². The van der Waals surface area contributed by atoms with Crippen molar-refractivity contribution in [1.29, 1.82) is 0 Å². The van der Waals surface area contributed by atoms with Gasteiger partial charge in [-0.3, -0.25) is 9.59 Å². The first-order chi connectivity index (χ1) is 17.1. The van der Waals surface area contributed by atoms with Gasteiger partial charge in [-0.2, -0.15) is 0 Å². The van der Waals surface area contributed by atoms with Crippen LogP contribution >= 0.6 is 11.6 Å². The minimum Gasteiger partial charge on any atom is -0.474 e. The number of fused-ring (bicyclic) bond motifs is 1. The minimum atomic E-state index is -4.36. The number of carbonyl (C=O) groups excluding carboxylic acids is 2. The van der Waals surface area contributed by atoms with Crippen molar-refractivity contribution in [2.45, 2.75) is 11.7 Å². The fourth-order valence-corrected chi connectivity index (χ4v) is 4.76. The van der Waals surface area contributed by atoms with E-state index in [0.717, 1.165) is 0 Å². The van der Waals surface area contributed by atoms with Crippen LogP contribution in [0.5, 0.6) is 0 Å². The minimum absolute atomic E-state index is 0.0952. The number of oxazole rings is 1. The van der Waals surface area contributed by atoms with E-state index in [1.807, 2.05) is 0 Å².